The standard InChI is InChI=1S/C24H25NO2/c1-25(24(26)14-17-6-8-19-4-3-5-20(19)12-17)16-18-7-9-22-15-23(27-2)11-10-21(22)13-18/h6-13,15H,3-5,14,16H2,1-2H3. The van der Waals surface area contributed by atoms with Crippen LogP contribution in [0, 0.1) is 0 Å². The van der Waals surface area contributed by atoms with Gasteiger partial charge in [0.2, 0.25) is 5.91 Å². The fourth-order valence-electron chi connectivity index (χ4n) is 3.91. The van der Waals surface area contributed by atoms with Crippen molar-refractivity contribution in [3.05, 3.63) is 76.9 Å². The number of fused-ring (bicyclic) bond motifs is 2. The van der Waals surface area contributed by atoms with Gasteiger partial charge >= 0.3 is 0 Å². The molecule has 0 bridgehead atoms. The summed E-state index contributed by atoms with van der Waals surface area (Å²) in [6.07, 6.45) is 4.03. The van der Waals surface area contributed by atoms with E-state index in [1.54, 1.807) is 7.11 Å². The molecule has 0 unspecified atom stereocenters. The van der Waals surface area contributed by atoms with Gasteiger partial charge in [0.05, 0.1) is 13.5 Å². The Morgan fingerprint density at radius 1 is 0.926 bits per heavy atom. The number of methoxy groups -OCH3 is 1. The predicted octanol–water partition coefficient (Wildman–Crippen LogP) is 4.54. The van der Waals surface area contributed by atoms with Crippen molar-refractivity contribution in [3.63, 3.8) is 0 Å². The number of hydrogen-bond donors (Lipinski definition) is 0. The number of ether oxygens (including phenoxy) is 1. The van der Waals surface area contributed by atoms with Crippen LogP contribution in [-0.4, -0.2) is 25.0 Å². The third-order valence-corrected chi connectivity index (χ3v) is 5.48. The van der Waals surface area contributed by atoms with Gasteiger partial charge in [0.15, 0.2) is 0 Å². The Bertz CT molecular complexity index is 993. The molecule has 0 fully saturated rings. The molecule has 27 heavy (non-hydrogen) atoms. The first kappa shape index (κ1) is 17.6. The Hall–Kier alpha value is -2.81. The summed E-state index contributed by atoms with van der Waals surface area (Å²) in [4.78, 5) is 14.5. The molecule has 3 nitrogen and oxygen atoms in total. The number of carbonyl (C=O) groups excluding carboxylic acids is 1. The third kappa shape index (κ3) is 3.82. The highest BCUT2D eigenvalue weighted by molar-refractivity contribution is 5.85. The van der Waals surface area contributed by atoms with Gasteiger partial charge in [0.1, 0.15) is 5.75 Å². The lowest BCUT2D eigenvalue weighted by atomic mass is 10.0. The summed E-state index contributed by atoms with van der Waals surface area (Å²) in [6, 6.07) is 18.9. The maximum atomic E-state index is 12.7. The van der Waals surface area contributed by atoms with Gasteiger partial charge in [-0.15, -0.1) is 0 Å². The van der Waals surface area contributed by atoms with Gasteiger partial charge in [-0.25, -0.2) is 0 Å². The van der Waals surface area contributed by atoms with E-state index in [1.807, 2.05) is 24.1 Å². The van der Waals surface area contributed by atoms with E-state index in [4.69, 9.17) is 4.74 Å². The number of amides is 1. The van der Waals surface area contributed by atoms with Crippen molar-refractivity contribution in [2.24, 2.45) is 0 Å². The maximum absolute atomic E-state index is 12.7. The fraction of sp³-hybridized carbons (Fsp3) is 0.292. The van der Waals surface area contributed by atoms with E-state index < -0.39 is 0 Å². The van der Waals surface area contributed by atoms with Crippen molar-refractivity contribution >= 4 is 16.7 Å². The van der Waals surface area contributed by atoms with E-state index in [2.05, 4.69) is 42.5 Å². The van der Waals surface area contributed by atoms with Crippen LogP contribution in [-0.2, 0) is 30.6 Å². The van der Waals surface area contributed by atoms with Gasteiger partial charge in [-0.05, 0) is 70.5 Å². The average Bonchev–Trinajstić information content (AvgIpc) is 3.15. The molecule has 1 aliphatic rings. The molecular formula is C24H25NO2. The van der Waals surface area contributed by atoms with Crippen LogP contribution in [0.3, 0.4) is 0 Å². The molecule has 0 saturated carbocycles. The summed E-state index contributed by atoms with van der Waals surface area (Å²) < 4.78 is 5.28. The number of nitrogens with zero attached hydrogens (tertiary/aromatic N) is 1. The molecule has 0 spiro atoms. The highest BCUT2D eigenvalue weighted by Gasteiger charge is 2.14. The molecule has 0 radical (unpaired) electrons. The average molecular weight is 359 g/mol. The monoisotopic (exact) mass is 359 g/mol. The summed E-state index contributed by atoms with van der Waals surface area (Å²) in [5.41, 5.74) is 5.14. The summed E-state index contributed by atoms with van der Waals surface area (Å²) in [7, 11) is 3.56. The molecule has 0 saturated heterocycles. The van der Waals surface area contributed by atoms with Crippen molar-refractivity contribution in [3.8, 4) is 5.75 Å². The molecule has 1 amide bonds. The first-order valence-electron chi connectivity index (χ1n) is 9.54. The molecule has 1 aliphatic carbocycles. The van der Waals surface area contributed by atoms with Crippen molar-refractivity contribution in [2.45, 2.75) is 32.2 Å². The second-order valence-electron chi connectivity index (χ2n) is 7.43. The highest BCUT2D eigenvalue weighted by Crippen LogP contribution is 2.24. The Kier molecular flexibility index (Phi) is 4.85. The van der Waals surface area contributed by atoms with Crippen LogP contribution in [0.2, 0.25) is 0 Å². The van der Waals surface area contributed by atoms with Gasteiger partial charge in [-0.2, -0.15) is 0 Å². The molecule has 3 aromatic carbocycles. The Morgan fingerprint density at radius 2 is 1.67 bits per heavy atom. The van der Waals surface area contributed by atoms with Crippen molar-refractivity contribution in [1.29, 1.82) is 0 Å². The number of benzene rings is 3. The SMILES string of the molecule is COc1ccc2cc(CN(C)C(=O)Cc3ccc4c(c3)CCC4)ccc2c1. The van der Waals surface area contributed by atoms with E-state index in [1.165, 1.54) is 24.0 Å². The van der Waals surface area contributed by atoms with Crippen LogP contribution in [0.15, 0.2) is 54.6 Å². The Morgan fingerprint density at radius 3 is 2.52 bits per heavy atom. The minimum Gasteiger partial charge on any atom is -0.497 e. The van der Waals surface area contributed by atoms with Crippen molar-refractivity contribution in [1.82, 2.24) is 4.90 Å². The number of likely N-dealkylation sites (N-methyl/N-ethyl adjacent to an activating group) is 1. The second kappa shape index (κ2) is 7.43. The summed E-state index contributed by atoms with van der Waals surface area (Å²) in [6.45, 7) is 0.617. The Balaban J connectivity index is 1.44. The summed E-state index contributed by atoms with van der Waals surface area (Å²) in [5, 5.41) is 2.30. The van der Waals surface area contributed by atoms with E-state index in [9.17, 15) is 4.79 Å². The quantitative estimate of drug-likeness (QED) is 0.669. The second-order valence-corrected chi connectivity index (χ2v) is 7.43. The molecule has 0 N–H and O–H groups in total. The zero-order chi connectivity index (χ0) is 18.8. The minimum absolute atomic E-state index is 0.155. The molecule has 138 valence electrons. The minimum atomic E-state index is 0.155. The number of rotatable bonds is 5. The Labute approximate surface area is 160 Å². The smallest absolute Gasteiger partial charge is 0.227 e. The highest BCUT2D eigenvalue weighted by atomic mass is 16.5. The van der Waals surface area contributed by atoms with Crippen molar-refractivity contribution < 1.29 is 9.53 Å². The van der Waals surface area contributed by atoms with Gasteiger partial charge in [-0.3, -0.25) is 4.79 Å². The first-order chi connectivity index (χ1) is 13.1. The number of aryl methyl sites for hydroxylation is 2. The van der Waals surface area contributed by atoms with Crippen LogP contribution in [0.5, 0.6) is 5.75 Å². The predicted molar refractivity (Wildman–Crippen MR) is 109 cm³/mol. The van der Waals surface area contributed by atoms with Crippen LogP contribution in [0.4, 0.5) is 0 Å². The molecule has 0 aromatic heterocycles. The van der Waals surface area contributed by atoms with Gasteiger partial charge in [0.25, 0.3) is 0 Å². The van der Waals surface area contributed by atoms with Crippen LogP contribution in [0.25, 0.3) is 10.8 Å². The maximum Gasteiger partial charge on any atom is 0.227 e. The zero-order valence-electron chi connectivity index (χ0n) is 16.0. The molecule has 4 rings (SSSR count). The van der Waals surface area contributed by atoms with E-state index >= 15 is 0 Å². The van der Waals surface area contributed by atoms with Crippen LogP contribution < -0.4 is 4.74 Å². The number of hydrogen-bond acceptors (Lipinski definition) is 2. The molecule has 0 aliphatic heterocycles. The van der Waals surface area contributed by atoms with E-state index in [-0.39, 0.29) is 5.91 Å². The lowest BCUT2D eigenvalue weighted by Gasteiger charge is -2.18. The normalized spacial score (nSPS) is 12.8. The van der Waals surface area contributed by atoms with E-state index in [0.717, 1.165) is 34.1 Å². The molecule has 3 heteroatoms. The summed E-state index contributed by atoms with van der Waals surface area (Å²) >= 11 is 0. The summed E-state index contributed by atoms with van der Waals surface area (Å²) in [5.74, 6) is 1.01. The molecule has 0 atom stereocenters. The van der Waals surface area contributed by atoms with Crippen LogP contribution >= 0.6 is 0 Å². The first-order valence-corrected chi connectivity index (χ1v) is 9.54. The molecule has 0 heterocycles. The van der Waals surface area contributed by atoms with Gasteiger partial charge < -0.3 is 9.64 Å². The third-order valence-electron chi connectivity index (χ3n) is 5.48. The molecular weight excluding hydrogens is 334 g/mol. The fourth-order valence-corrected chi connectivity index (χ4v) is 3.91. The van der Waals surface area contributed by atoms with Gasteiger partial charge in [0, 0.05) is 13.6 Å². The zero-order valence-corrected chi connectivity index (χ0v) is 16.0. The topological polar surface area (TPSA) is 29.5 Å². The number of carbonyl (C=O) groups is 1. The largest absolute Gasteiger partial charge is 0.497 e. The van der Waals surface area contributed by atoms with Gasteiger partial charge in [-0.1, -0.05) is 36.4 Å². The lowest BCUT2D eigenvalue weighted by molar-refractivity contribution is -0.129. The van der Waals surface area contributed by atoms with E-state index in [0.29, 0.717) is 13.0 Å². The van der Waals surface area contributed by atoms with Crippen molar-refractivity contribution in [2.75, 3.05) is 14.2 Å². The lowest BCUT2D eigenvalue weighted by Crippen LogP contribution is -2.27. The van der Waals surface area contributed by atoms with Crippen LogP contribution in [0.1, 0.15) is 28.7 Å². The molecule has 3 aromatic rings.